The van der Waals surface area contributed by atoms with Crippen molar-refractivity contribution in [3.05, 3.63) is 116 Å². The number of fused-ring (bicyclic) bond motifs is 3. The van der Waals surface area contributed by atoms with E-state index in [2.05, 4.69) is 29.2 Å². The molecule has 0 unspecified atom stereocenters. The number of thiophene rings is 1. The second-order valence-corrected chi connectivity index (χ2v) is 11.7. The Hall–Kier alpha value is -3.10. The fourth-order valence-corrected chi connectivity index (χ4v) is 7.47. The van der Waals surface area contributed by atoms with Crippen LogP contribution >= 0.6 is 34.7 Å². The van der Waals surface area contributed by atoms with Crippen molar-refractivity contribution in [1.29, 1.82) is 0 Å². The van der Waals surface area contributed by atoms with Gasteiger partial charge in [-0.25, -0.2) is 4.98 Å². The zero-order chi connectivity index (χ0) is 26.1. The van der Waals surface area contributed by atoms with Crippen molar-refractivity contribution in [1.82, 2.24) is 14.5 Å². The molecule has 0 fully saturated rings. The number of nitrogens with zero attached hydrogens (tertiary/aromatic N) is 3. The van der Waals surface area contributed by atoms with Gasteiger partial charge in [0.1, 0.15) is 10.6 Å². The zero-order valence-corrected chi connectivity index (χ0v) is 23.3. The Labute approximate surface area is 234 Å². The Morgan fingerprint density at radius 1 is 1.03 bits per heavy atom. The van der Waals surface area contributed by atoms with Crippen LogP contribution in [0.15, 0.2) is 88.8 Å². The average Bonchev–Trinajstić information content (AvgIpc) is 3.31. The van der Waals surface area contributed by atoms with Crippen molar-refractivity contribution in [2.45, 2.75) is 30.4 Å². The Bertz CT molecular complexity index is 1650. The predicted molar refractivity (Wildman–Crippen MR) is 157 cm³/mol. The summed E-state index contributed by atoms with van der Waals surface area (Å²) in [7, 11) is 1.64. The maximum atomic E-state index is 14.1. The van der Waals surface area contributed by atoms with Gasteiger partial charge in [0.05, 0.1) is 18.2 Å². The topological polar surface area (TPSA) is 47.4 Å². The maximum Gasteiger partial charge on any atom is 0.267 e. The monoisotopic (exact) mass is 559 g/mol. The fraction of sp³-hybridized carbons (Fsp3) is 0.200. The normalized spacial score (nSPS) is 13.5. The molecular weight excluding hydrogens is 534 g/mol. The molecule has 0 bridgehead atoms. The summed E-state index contributed by atoms with van der Waals surface area (Å²) in [6.45, 7) is 2.64. The molecule has 2 aromatic heterocycles. The molecule has 0 N–H and O–H groups in total. The van der Waals surface area contributed by atoms with Crippen molar-refractivity contribution < 1.29 is 4.74 Å². The lowest BCUT2D eigenvalue weighted by atomic mass is 10.0. The molecule has 6 rings (SSSR count). The van der Waals surface area contributed by atoms with Gasteiger partial charge in [-0.05, 0) is 53.4 Å². The smallest absolute Gasteiger partial charge is 0.267 e. The lowest BCUT2D eigenvalue weighted by molar-refractivity contribution is 0.249. The quantitative estimate of drug-likeness (QED) is 0.159. The lowest BCUT2D eigenvalue weighted by Crippen LogP contribution is -2.30. The molecule has 1 aliphatic heterocycles. The highest BCUT2D eigenvalue weighted by Gasteiger charge is 2.26. The Morgan fingerprint density at radius 2 is 1.79 bits per heavy atom. The van der Waals surface area contributed by atoms with E-state index >= 15 is 0 Å². The first-order valence-corrected chi connectivity index (χ1v) is 14.6. The fourth-order valence-electron chi connectivity index (χ4n) is 4.87. The van der Waals surface area contributed by atoms with Gasteiger partial charge in [-0.3, -0.25) is 14.3 Å². The molecule has 0 saturated heterocycles. The molecule has 3 heterocycles. The summed E-state index contributed by atoms with van der Waals surface area (Å²) >= 11 is 9.61. The SMILES string of the molecule is COc1ccc(-n2c(SCc3ccccc3Cl)nc3sc4c(c3c2=O)CCN(Cc2ccccc2)C4)cc1. The number of hydrogen-bond acceptors (Lipinski definition) is 6. The zero-order valence-electron chi connectivity index (χ0n) is 20.9. The van der Waals surface area contributed by atoms with Crippen LogP contribution in [0.3, 0.4) is 0 Å². The lowest BCUT2D eigenvalue weighted by Gasteiger charge is -2.26. The van der Waals surface area contributed by atoms with Crippen molar-refractivity contribution in [3.63, 3.8) is 0 Å². The Balaban J connectivity index is 1.40. The van der Waals surface area contributed by atoms with E-state index in [-0.39, 0.29) is 5.56 Å². The largest absolute Gasteiger partial charge is 0.497 e. The Kier molecular flexibility index (Phi) is 7.26. The molecule has 5 aromatic rings. The summed E-state index contributed by atoms with van der Waals surface area (Å²) in [6, 6.07) is 25.9. The van der Waals surface area contributed by atoms with Crippen LogP contribution in [0.1, 0.15) is 21.6 Å². The molecule has 0 saturated carbocycles. The number of ether oxygens (including phenoxy) is 1. The van der Waals surface area contributed by atoms with Crippen LogP contribution in [-0.4, -0.2) is 28.1 Å². The van der Waals surface area contributed by atoms with E-state index in [0.29, 0.717) is 15.9 Å². The van der Waals surface area contributed by atoms with Crippen LogP contribution in [0.2, 0.25) is 5.02 Å². The summed E-state index contributed by atoms with van der Waals surface area (Å²) in [6.07, 6.45) is 0.841. The van der Waals surface area contributed by atoms with Crippen LogP contribution in [0.5, 0.6) is 5.75 Å². The highest BCUT2D eigenvalue weighted by atomic mass is 35.5. The second kappa shape index (κ2) is 10.9. The summed E-state index contributed by atoms with van der Waals surface area (Å²) in [4.78, 5) is 23.7. The van der Waals surface area contributed by atoms with Gasteiger partial charge in [-0.15, -0.1) is 11.3 Å². The van der Waals surface area contributed by atoms with E-state index in [1.54, 1.807) is 23.0 Å². The van der Waals surface area contributed by atoms with Gasteiger partial charge in [-0.2, -0.15) is 0 Å². The van der Waals surface area contributed by atoms with Crippen LogP contribution in [-0.2, 0) is 25.3 Å². The van der Waals surface area contributed by atoms with Crippen LogP contribution < -0.4 is 10.3 Å². The van der Waals surface area contributed by atoms with Gasteiger partial charge in [0.25, 0.3) is 5.56 Å². The number of benzene rings is 3. The number of thioether (sulfide) groups is 1. The summed E-state index contributed by atoms with van der Waals surface area (Å²) in [5.74, 6) is 1.36. The van der Waals surface area contributed by atoms with E-state index < -0.39 is 0 Å². The van der Waals surface area contributed by atoms with Crippen molar-refractivity contribution >= 4 is 44.9 Å². The molecule has 5 nitrogen and oxygen atoms in total. The van der Waals surface area contributed by atoms with Crippen molar-refractivity contribution in [3.8, 4) is 11.4 Å². The maximum absolute atomic E-state index is 14.1. The van der Waals surface area contributed by atoms with E-state index in [9.17, 15) is 4.79 Å². The average molecular weight is 560 g/mol. The summed E-state index contributed by atoms with van der Waals surface area (Å²) in [5, 5.41) is 2.12. The first kappa shape index (κ1) is 25.2. The Morgan fingerprint density at radius 3 is 2.55 bits per heavy atom. The molecule has 3 aromatic carbocycles. The first-order valence-electron chi connectivity index (χ1n) is 12.4. The highest BCUT2D eigenvalue weighted by molar-refractivity contribution is 7.98. The van der Waals surface area contributed by atoms with Gasteiger partial charge in [0.2, 0.25) is 0 Å². The number of aromatic nitrogens is 2. The molecular formula is C30H26ClN3O2S2. The van der Waals surface area contributed by atoms with Crippen molar-refractivity contribution in [2.24, 2.45) is 0 Å². The van der Waals surface area contributed by atoms with Crippen LogP contribution in [0, 0.1) is 0 Å². The van der Waals surface area contributed by atoms with Gasteiger partial charge in [-0.1, -0.05) is 71.9 Å². The van der Waals surface area contributed by atoms with Crippen LogP contribution in [0.4, 0.5) is 0 Å². The number of halogens is 1. The van der Waals surface area contributed by atoms with Crippen molar-refractivity contribution in [2.75, 3.05) is 13.7 Å². The molecule has 0 spiro atoms. The van der Waals surface area contributed by atoms with Gasteiger partial charge in [0.15, 0.2) is 5.16 Å². The number of methoxy groups -OCH3 is 1. The van der Waals surface area contributed by atoms with Gasteiger partial charge in [0, 0.05) is 35.3 Å². The molecule has 38 heavy (non-hydrogen) atoms. The molecule has 0 radical (unpaired) electrons. The number of hydrogen-bond donors (Lipinski definition) is 0. The summed E-state index contributed by atoms with van der Waals surface area (Å²) in [5.41, 5.74) is 4.22. The first-order chi connectivity index (χ1) is 18.6. The summed E-state index contributed by atoms with van der Waals surface area (Å²) < 4.78 is 7.09. The highest BCUT2D eigenvalue weighted by Crippen LogP contribution is 2.35. The van der Waals surface area contributed by atoms with Gasteiger partial charge >= 0.3 is 0 Å². The third-order valence-corrected chi connectivity index (χ3v) is 9.28. The third-order valence-electron chi connectivity index (χ3n) is 6.82. The minimum Gasteiger partial charge on any atom is -0.497 e. The molecule has 0 amide bonds. The van der Waals surface area contributed by atoms with Gasteiger partial charge < -0.3 is 4.74 Å². The molecule has 0 atom stereocenters. The van der Waals surface area contributed by atoms with Crippen LogP contribution in [0.25, 0.3) is 15.9 Å². The molecule has 1 aliphatic rings. The van der Waals surface area contributed by atoms with E-state index in [1.807, 2.05) is 54.6 Å². The minimum absolute atomic E-state index is 0.0177. The molecule has 192 valence electrons. The second-order valence-electron chi connectivity index (χ2n) is 9.24. The third kappa shape index (κ3) is 4.99. The number of rotatable bonds is 7. The standard InChI is InChI=1S/C30H26ClN3O2S2/c1-36-23-13-11-22(12-14-23)34-29(35)27-24-15-16-33(17-20-7-3-2-4-8-20)18-26(24)38-28(27)32-30(34)37-19-21-9-5-6-10-25(21)31/h2-14H,15-19H2,1H3. The molecule has 8 heteroatoms. The van der Waals surface area contributed by atoms with E-state index in [0.717, 1.165) is 58.8 Å². The predicted octanol–water partition coefficient (Wildman–Crippen LogP) is 6.96. The van der Waals surface area contributed by atoms with E-state index in [1.165, 1.54) is 22.2 Å². The minimum atomic E-state index is -0.0177. The van der Waals surface area contributed by atoms with E-state index in [4.69, 9.17) is 21.3 Å². The molecule has 0 aliphatic carbocycles.